The van der Waals surface area contributed by atoms with Crippen molar-refractivity contribution in [3.63, 3.8) is 0 Å². The molecule has 0 aromatic heterocycles. The van der Waals surface area contributed by atoms with Crippen molar-refractivity contribution in [3.8, 4) is 0 Å². The summed E-state index contributed by atoms with van der Waals surface area (Å²) in [6, 6.07) is 42.1. The van der Waals surface area contributed by atoms with Gasteiger partial charge < -0.3 is 0 Å². The Kier molecular flexibility index (Phi) is 9.09. The number of allylic oxidation sites excluding steroid dienone is 2. The Hall–Kier alpha value is -1.96. The molecule has 6 rings (SSSR count). The fraction of sp³-hybridized carbons (Fsp3) is 0.222. The third-order valence-corrected chi connectivity index (χ3v) is 37.1. The average molecular weight is 663 g/mol. The van der Waals surface area contributed by atoms with Crippen molar-refractivity contribution in [2.45, 2.75) is 34.9 Å². The summed E-state index contributed by atoms with van der Waals surface area (Å²) in [7, 11) is 0. The van der Waals surface area contributed by atoms with Gasteiger partial charge in [0.1, 0.15) is 0 Å². The molecule has 0 saturated heterocycles. The molecule has 4 aromatic carbocycles. The van der Waals surface area contributed by atoms with E-state index in [4.69, 9.17) is 0 Å². The first-order chi connectivity index (χ1) is 18.4. The van der Waals surface area contributed by atoms with Crippen LogP contribution in [0.15, 0.2) is 120 Å². The van der Waals surface area contributed by atoms with Gasteiger partial charge >= 0.3 is 232 Å². The van der Waals surface area contributed by atoms with Gasteiger partial charge in [-0.25, -0.2) is 0 Å². The minimum absolute atomic E-state index is 0. The van der Waals surface area contributed by atoms with E-state index in [2.05, 4.69) is 156 Å². The van der Waals surface area contributed by atoms with Crippen LogP contribution in [0.2, 0.25) is 0 Å². The van der Waals surface area contributed by atoms with Crippen LogP contribution in [0, 0.1) is 11.8 Å². The molecule has 206 valence electrons. The molecule has 2 aliphatic rings. The van der Waals surface area contributed by atoms with Crippen molar-refractivity contribution in [1.29, 1.82) is 0 Å². The molecular formula is C36H40Cl2SiZr. The normalized spacial score (nSPS) is 17.9. The first kappa shape index (κ1) is 31.0. The maximum Gasteiger partial charge on any atom is -0.147 e. The largest absolute Gasteiger partial charge is 0.147 e. The molecule has 0 spiro atoms. The molecule has 0 saturated carbocycles. The summed E-state index contributed by atoms with van der Waals surface area (Å²) in [5, 5.41) is 0. The second-order valence-electron chi connectivity index (χ2n) is 12.1. The molecule has 2 aliphatic carbocycles. The standard InChI is InChI=1S/2C12H13.2C6H5.2ClH.H2Si.Zr/c2*1-9(2)12-7-10-5-3-4-6-11(10)8-12;2*1-2-4-6-5-3-1;;;;/h2*3-9H,1-2H3;2*1-5H;2*1H;1H2;. The molecule has 2 unspecified atom stereocenters. The first-order valence-corrected chi connectivity index (χ1v) is 25.3. The van der Waals surface area contributed by atoms with E-state index < -0.39 is 17.4 Å². The molecule has 4 aromatic rings. The van der Waals surface area contributed by atoms with Crippen molar-refractivity contribution in [3.05, 3.63) is 143 Å². The van der Waals surface area contributed by atoms with Crippen LogP contribution < -0.4 is 6.54 Å². The van der Waals surface area contributed by atoms with Gasteiger partial charge in [0.05, 0.1) is 0 Å². The summed E-state index contributed by atoms with van der Waals surface area (Å²) in [4.78, 5) is 0. The summed E-state index contributed by atoms with van der Waals surface area (Å²) >= 11 is -4.46. The van der Waals surface area contributed by atoms with Crippen molar-refractivity contribution < 1.29 is 17.4 Å². The van der Waals surface area contributed by atoms with E-state index in [1.165, 1.54) is 22.3 Å². The van der Waals surface area contributed by atoms with Crippen molar-refractivity contribution in [2.24, 2.45) is 11.8 Å². The number of hydrogen-bond donors (Lipinski definition) is 0. The molecule has 0 radical (unpaired) electrons. The van der Waals surface area contributed by atoms with Gasteiger partial charge in [0.2, 0.25) is 0 Å². The first-order valence-electron chi connectivity index (χ1n) is 14.1. The van der Waals surface area contributed by atoms with Crippen molar-refractivity contribution in [1.82, 2.24) is 0 Å². The fourth-order valence-corrected chi connectivity index (χ4v) is 36.3. The molecule has 0 bridgehead atoms. The van der Waals surface area contributed by atoms with E-state index in [1.54, 1.807) is 17.7 Å². The second kappa shape index (κ2) is 11.7. The third kappa shape index (κ3) is 4.42. The molecule has 0 N–H and O–H groups in total. The van der Waals surface area contributed by atoms with Crippen molar-refractivity contribution in [2.75, 3.05) is 0 Å². The molecule has 2 atom stereocenters. The molecule has 0 heterocycles. The average Bonchev–Trinajstić information content (AvgIpc) is 3.55. The third-order valence-electron chi connectivity index (χ3n) is 9.49. The van der Waals surface area contributed by atoms with Crippen LogP contribution in [-0.2, 0) is 17.4 Å². The maximum absolute atomic E-state index is 4.46. The topological polar surface area (TPSA) is 0 Å². The van der Waals surface area contributed by atoms with E-state index in [0.29, 0.717) is 19.1 Å². The van der Waals surface area contributed by atoms with Gasteiger partial charge in [0, 0.05) is 0 Å². The van der Waals surface area contributed by atoms with Crippen LogP contribution in [0.25, 0.3) is 12.2 Å². The summed E-state index contributed by atoms with van der Waals surface area (Å²) in [5.74, 6) is 0.945. The molecular weight excluding hydrogens is 623 g/mol. The van der Waals surface area contributed by atoms with Gasteiger partial charge in [-0.1, -0.05) is 0 Å². The number of rotatable bonds is 6. The molecule has 0 aliphatic heterocycles. The van der Waals surface area contributed by atoms with Gasteiger partial charge in [-0.15, -0.1) is 24.8 Å². The smallest absolute Gasteiger partial charge is 0.147 e. The Balaban J connectivity index is 0.00000185. The molecule has 40 heavy (non-hydrogen) atoms. The van der Waals surface area contributed by atoms with Crippen LogP contribution in [-0.4, -0.2) is 6.88 Å². The van der Waals surface area contributed by atoms with Crippen molar-refractivity contribution >= 4 is 50.4 Å². The number of halogens is 2. The Labute approximate surface area is 255 Å². The monoisotopic (exact) mass is 660 g/mol. The van der Waals surface area contributed by atoms with Crippen LogP contribution in [0.4, 0.5) is 0 Å². The summed E-state index contributed by atoms with van der Waals surface area (Å²) in [6.07, 6.45) is 5.11. The van der Waals surface area contributed by atoms with E-state index in [9.17, 15) is 0 Å². The van der Waals surface area contributed by atoms with Crippen LogP contribution in [0.5, 0.6) is 0 Å². The van der Waals surface area contributed by atoms with Gasteiger partial charge in [0.15, 0.2) is 0 Å². The Morgan fingerprint density at radius 2 is 0.825 bits per heavy atom. The Morgan fingerprint density at radius 1 is 0.500 bits per heavy atom. The maximum atomic E-state index is 2.55. The van der Waals surface area contributed by atoms with Gasteiger partial charge in [0.25, 0.3) is 0 Å². The Bertz CT molecular complexity index is 1510. The van der Waals surface area contributed by atoms with E-state index in [0.717, 1.165) is 0 Å². The quantitative estimate of drug-likeness (QED) is 0.182. The van der Waals surface area contributed by atoms with Crippen LogP contribution >= 0.6 is 24.8 Å². The molecule has 0 fully saturated rings. The predicted octanol–water partition coefficient (Wildman–Crippen LogP) is 8.31. The van der Waals surface area contributed by atoms with Gasteiger partial charge in [-0.05, 0) is 0 Å². The fourth-order valence-electron chi connectivity index (χ4n) is 7.83. The van der Waals surface area contributed by atoms with Crippen LogP contribution in [0.1, 0.15) is 57.2 Å². The minimum Gasteiger partial charge on any atom is -0.147 e. The van der Waals surface area contributed by atoms with Gasteiger partial charge in [-0.3, -0.25) is 0 Å². The number of fused-ring (bicyclic) bond motifs is 2. The predicted molar refractivity (Wildman–Crippen MR) is 179 cm³/mol. The van der Waals surface area contributed by atoms with Gasteiger partial charge in [-0.2, -0.15) is 0 Å². The SMILES string of the molecule is CC(C)C1=Cc2ccccc2[CH]1[Zr](=[SiH2])([c]1ccccc1)([c]1ccccc1)[CH]1C(C(C)C)=Cc2ccccc21.Cl.Cl. The summed E-state index contributed by atoms with van der Waals surface area (Å²) in [6.45, 7) is 12.1. The van der Waals surface area contributed by atoms with Crippen LogP contribution in [0.3, 0.4) is 0 Å². The number of benzene rings is 4. The number of hydrogen-bond acceptors (Lipinski definition) is 0. The minimum atomic E-state index is -4.46. The van der Waals surface area contributed by atoms with E-state index in [-0.39, 0.29) is 24.8 Å². The van der Waals surface area contributed by atoms with E-state index in [1.807, 2.05) is 0 Å². The van der Waals surface area contributed by atoms with E-state index >= 15 is 0 Å². The summed E-state index contributed by atoms with van der Waals surface area (Å²) < 4.78 is 3.99. The Morgan fingerprint density at radius 3 is 1.18 bits per heavy atom. The zero-order chi connectivity index (χ0) is 26.5. The second-order valence-corrected chi connectivity index (χ2v) is 34.8. The molecule has 0 nitrogen and oxygen atoms in total. The molecule has 0 amide bonds. The zero-order valence-electron chi connectivity index (χ0n) is 23.9. The zero-order valence-corrected chi connectivity index (χ0v) is 29.4. The summed E-state index contributed by atoms with van der Waals surface area (Å²) in [5.41, 5.74) is 9.15. The molecule has 4 heteroatoms.